The van der Waals surface area contributed by atoms with Gasteiger partial charge in [-0.05, 0) is 264 Å². The highest BCUT2D eigenvalue weighted by atomic mass is 79.9. The highest BCUT2D eigenvalue weighted by Crippen LogP contribution is 2.41. The molecule has 14 aromatic rings. The zero-order chi connectivity index (χ0) is 90.9. The molecule has 0 amide bonds. The van der Waals surface area contributed by atoms with Crippen molar-refractivity contribution in [3.8, 4) is 67.8 Å². The van der Waals surface area contributed by atoms with Gasteiger partial charge in [0.05, 0.1) is 48.8 Å². The molecule has 3 N–H and O–H groups in total. The van der Waals surface area contributed by atoms with Gasteiger partial charge in [0, 0.05) is 98.6 Å². The molecule has 10 aromatic carbocycles. The fraction of sp³-hybridized carbons (Fsp3) is 0.306. The Balaban J connectivity index is 0.000000177. The van der Waals surface area contributed by atoms with Crippen LogP contribution in [-0.4, -0.2) is 174 Å². The third-order valence-corrected chi connectivity index (χ3v) is 22.1. The van der Waals surface area contributed by atoms with Crippen LogP contribution in [0.2, 0.25) is 15.1 Å². The minimum Gasteiger partial charge on any atom is -0.369 e. The standard InChI is InChI=1S/C28H28ClF3N4.C25H24Cl2N4.C23H26BrF3N4.C21H23F3N4.CH4/c1-18-14-21(17-22(15-18)28(30,31)32)19-8-5-9-20(16-19)26-33-25-23(10-6-11-24(25)29)27(34-26)36(4)13-7-12-35(2)3;1-31(2)15-7-14-28-25-20-11-6-13-22(27)23(20)29-24(30-25)18-9-5-8-17(16-18)19-10-3-4-12-21(19)26;1-4-31(5-2)11-7-10-28-22-19-9-6-8-15(3)20(19)29-21(30-22)16-12-17(23(25,26)27)14-18(24)13-16;1-13-10-15(12-16(11-13)21(22,23)24)19-26-18-14(2)6-5-7-17(18)20(27-19)25-8-9-28(3)4;/h5-6,8-11,14-17H,7,12-13H2,1-4H3;3-6,8-13,16H,7,14-15H2,1-2H3,(H,28,29,30);6,8-9,12-14H,4-5,7,10-11H2,1-3H3,(H,28,29,30);5-7,10-12H,8-9H2,1-4H3,(H,25,26,27);1H4. The Kier molecular flexibility index (Phi) is 34.4. The second-order valence-electron chi connectivity index (χ2n) is 31.5. The summed E-state index contributed by atoms with van der Waals surface area (Å²) in [5, 5.41) is 15.5. The minimum atomic E-state index is -4.45. The minimum absolute atomic E-state index is 0. The van der Waals surface area contributed by atoms with E-state index in [9.17, 15) is 39.5 Å². The van der Waals surface area contributed by atoms with Crippen LogP contribution in [0, 0.1) is 27.7 Å². The number of para-hydroxylation sites is 4. The Morgan fingerprint density at radius 2 is 0.724 bits per heavy atom. The van der Waals surface area contributed by atoms with Gasteiger partial charge in [0.25, 0.3) is 0 Å². The molecule has 0 aliphatic heterocycles. The SMILES string of the molecule is C.CCN(CC)CCCNc1nc(-c2cc(Br)cc(C(F)(F)F)c2)nc2c(C)cccc12.CN(C)CCCNc1nc(-c2cccc(-c3ccccc3Cl)c2)nc2c(Cl)cccc12.Cc1cc(-c2cccc(-c3nc(N(C)CCCN(C)C)c4cccc(Cl)c4n3)c2)cc(C(F)(F)F)c1.Cc1cc(-c2nc(NCCN(C)C)c3cccc(C)c3n2)cc(C(F)(F)F)c1. The molecular formula is C98H105BrCl3F9N16. The highest BCUT2D eigenvalue weighted by molar-refractivity contribution is 9.10. The zero-order valence-corrected chi connectivity index (χ0v) is 76.3. The molecule has 127 heavy (non-hydrogen) atoms. The molecule has 0 bridgehead atoms. The lowest BCUT2D eigenvalue weighted by molar-refractivity contribution is -0.138. The van der Waals surface area contributed by atoms with Gasteiger partial charge in [-0.3, -0.25) is 0 Å². The third-order valence-electron chi connectivity index (χ3n) is 20.7. The van der Waals surface area contributed by atoms with Gasteiger partial charge in [0.1, 0.15) is 23.3 Å². The van der Waals surface area contributed by atoms with Crippen molar-refractivity contribution in [2.75, 3.05) is 136 Å². The number of likely N-dealkylation sites (N-methyl/N-ethyl adjacent to an activating group) is 1. The molecule has 668 valence electrons. The van der Waals surface area contributed by atoms with Crippen molar-refractivity contribution in [1.82, 2.24) is 59.5 Å². The summed E-state index contributed by atoms with van der Waals surface area (Å²) in [4.78, 5) is 48.4. The number of alkyl halides is 9. The number of fused-ring (bicyclic) bond motifs is 4. The van der Waals surface area contributed by atoms with Crippen molar-refractivity contribution in [3.05, 3.63) is 259 Å². The van der Waals surface area contributed by atoms with Crippen LogP contribution in [0.1, 0.15) is 79.5 Å². The van der Waals surface area contributed by atoms with Crippen molar-refractivity contribution >= 4 is 118 Å². The monoisotopic (exact) mass is 1860 g/mol. The summed E-state index contributed by atoms with van der Waals surface area (Å²) in [6.45, 7) is 20.1. The summed E-state index contributed by atoms with van der Waals surface area (Å²) in [6, 6.07) is 57.9. The molecule has 0 saturated heterocycles. The van der Waals surface area contributed by atoms with Gasteiger partial charge < -0.3 is 40.4 Å². The molecule has 0 radical (unpaired) electrons. The first-order chi connectivity index (χ1) is 59.9. The Morgan fingerprint density at radius 3 is 1.24 bits per heavy atom. The number of rotatable bonds is 27. The first-order valence-corrected chi connectivity index (χ1v) is 43.1. The molecule has 0 unspecified atom stereocenters. The second kappa shape index (κ2) is 44.4. The summed E-state index contributed by atoms with van der Waals surface area (Å²) in [5.74, 6) is 4.46. The number of anilines is 4. The van der Waals surface area contributed by atoms with E-state index in [1.54, 1.807) is 50.2 Å². The average Bonchev–Trinajstić information content (AvgIpc) is 0.829. The number of aromatic nitrogens is 8. The maximum Gasteiger partial charge on any atom is 0.416 e. The second-order valence-corrected chi connectivity index (χ2v) is 33.6. The Labute approximate surface area is 760 Å². The van der Waals surface area contributed by atoms with E-state index >= 15 is 0 Å². The Bertz CT molecular complexity index is 6110. The van der Waals surface area contributed by atoms with Crippen LogP contribution in [-0.2, 0) is 18.5 Å². The van der Waals surface area contributed by atoms with Gasteiger partial charge in [-0.2, -0.15) is 39.5 Å². The Morgan fingerprint density at radius 1 is 0.339 bits per heavy atom. The summed E-state index contributed by atoms with van der Waals surface area (Å²) < 4.78 is 120. The van der Waals surface area contributed by atoms with Crippen molar-refractivity contribution in [2.45, 2.75) is 86.8 Å². The van der Waals surface area contributed by atoms with Crippen molar-refractivity contribution in [1.29, 1.82) is 0 Å². The summed E-state index contributed by atoms with van der Waals surface area (Å²) >= 11 is 22.6. The molecule has 29 heteroatoms. The van der Waals surface area contributed by atoms with E-state index in [1.807, 2.05) is 175 Å². The molecule has 0 atom stereocenters. The fourth-order valence-electron chi connectivity index (χ4n) is 14.2. The van der Waals surface area contributed by atoms with Crippen LogP contribution in [0.15, 0.2) is 205 Å². The molecule has 0 fully saturated rings. The predicted octanol–water partition coefficient (Wildman–Crippen LogP) is 26.0. The number of nitrogens with zero attached hydrogens (tertiary/aromatic N) is 13. The van der Waals surface area contributed by atoms with E-state index in [4.69, 9.17) is 54.7 Å². The quantitative estimate of drug-likeness (QED) is 0.0330. The lowest BCUT2D eigenvalue weighted by atomic mass is 9.98. The molecule has 0 aliphatic rings. The normalized spacial score (nSPS) is 11.7. The van der Waals surface area contributed by atoms with E-state index in [2.05, 4.69) is 105 Å². The number of aryl methyl sites for hydroxylation is 4. The maximum absolute atomic E-state index is 13.4. The molecule has 0 saturated carbocycles. The summed E-state index contributed by atoms with van der Waals surface area (Å²) in [7, 11) is 14.2. The molecule has 0 aliphatic carbocycles. The lowest BCUT2D eigenvalue weighted by Gasteiger charge is -2.22. The van der Waals surface area contributed by atoms with Gasteiger partial charge in [0.15, 0.2) is 23.3 Å². The molecule has 14 rings (SSSR count). The topological polar surface area (TPSA) is 155 Å². The van der Waals surface area contributed by atoms with Crippen LogP contribution >= 0.6 is 50.7 Å². The van der Waals surface area contributed by atoms with Crippen LogP contribution in [0.3, 0.4) is 0 Å². The van der Waals surface area contributed by atoms with Gasteiger partial charge in [-0.25, -0.2) is 39.9 Å². The number of benzene rings is 10. The molecule has 0 spiro atoms. The smallest absolute Gasteiger partial charge is 0.369 e. The number of nitrogens with one attached hydrogen (secondary N) is 3. The maximum atomic E-state index is 13.4. The molecule has 4 aromatic heterocycles. The zero-order valence-electron chi connectivity index (χ0n) is 72.5. The average molecular weight is 1860 g/mol. The van der Waals surface area contributed by atoms with Crippen LogP contribution in [0.4, 0.5) is 62.8 Å². The van der Waals surface area contributed by atoms with Crippen LogP contribution < -0.4 is 20.9 Å². The Hall–Kier alpha value is -10.7. The van der Waals surface area contributed by atoms with E-state index < -0.39 is 35.2 Å². The van der Waals surface area contributed by atoms with E-state index in [0.29, 0.717) is 100 Å². The van der Waals surface area contributed by atoms with Gasteiger partial charge in [0.2, 0.25) is 0 Å². The first-order valence-electron chi connectivity index (χ1n) is 41.2. The van der Waals surface area contributed by atoms with Crippen molar-refractivity contribution < 1.29 is 39.5 Å². The molecule has 4 heterocycles. The highest BCUT2D eigenvalue weighted by Gasteiger charge is 2.34. The van der Waals surface area contributed by atoms with E-state index in [1.165, 1.54) is 6.07 Å². The number of hydrogen-bond donors (Lipinski definition) is 3. The summed E-state index contributed by atoms with van der Waals surface area (Å²) in [6.07, 6.45) is -10.4. The van der Waals surface area contributed by atoms with Gasteiger partial charge in [-0.15, -0.1) is 0 Å². The predicted molar refractivity (Wildman–Crippen MR) is 510 cm³/mol. The van der Waals surface area contributed by atoms with E-state index in [0.717, 1.165) is 180 Å². The first kappa shape index (κ1) is 98.5. The van der Waals surface area contributed by atoms with Gasteiger partial charge >= 0.3 is 18.5 Å². The number of halogens is 13. The molecule has 16 nitrogen and oxygen atoms in total. The van der Waals surface area contributed by atoms with Crippen molar-refractivity contribution in [3.63, 3.8) is 0 Å². The fourth-order valence-corrected chi connectivity index (χ4v) is 15.4. The number of hydrogen-bond acceptors (Lipinski definition) is 16. The van der Waals surface area contributed by atoms with Crippen LogP contribution in [0.5, 0.6) is 0 Å². The largest absolute Gasteiger partial charge is 0.416 e. The van der Waals surface area contributed by atoms with Crippen LogP contribution in [0.25, 0.3) is 111 Å². The van der Waals surface area contributed by atoms with E-state index in [-0.39, 0.29) is 19.1 Å². The lowest BCUT2D eigenvalue weighted by Crippen LogP contribution is -2.25. The van der Waals surface area contributed by atoms with Gasteiger partial charge in [-0.1, -0.05) is 169 Å². The summed E-state index contributed by atoms with van der Waals surface area (Å²) in [5.41, 5.74) is 9.12. The molecular weight excluding hydrogens is 1760 g/mol. The third kappa shape index (κ3) is 26.5. The van der Waals surface area contributed by atoms with Crippen molar-refractivity contribution in [2.24, 2.45) is 0 Å².